The van der Waals surface area contributed by atoms with Crippen molar-refractivity contribution in [1.82, 2.24) is 14.5 Å². The van der Waals surface area contributed by atoms with E-state index < -0.39 is 0 Å². The average Bonchev–Trinajstić information content (AvgIpc) is 2.93. The second-order valence-electron chi connectivity index (χ2n) is 5.77. The highest BCUT2D eigenvalue weighted by Crippen LogP contribution is 2.23. The van der Waals surface area contributed by atoms with Gasteiger partial charge >= 0.3 is 0 Å². The lowest BCUT2D eigenvalue weighted by Gasteiger charge is -2.05. The number of hydrogen-bond donors (Lipinski definition) is 1. The number of nitrogens with zero attached hydrogens (tertiary/aromatic N) is 3. The zero-order chi connectivity index (χ0) is 17.8. The lowest BCUT2D eigenvalue weighted by molar-refractivity contribution is 0.102. The van der Waals surface area contributed by atoms with Gasteiger partial charge in [0.15, 0.2) is 0 Å². The van der Waals surface area contributed by atoms with E-state index >= 15 is 0 Å². The molecule has 0 spiro atoms. The Labute approximate surface area is 156 Å². The maximum Gasteiger partial charge on any atom is 0.257 e. The second kappa shape index (κ2) is 7.85. The third-order valence-electron chi connectivity index (χ3n) is 3.90. The highest BCUT2D eigenvalue weighted by molar-refractivity contribution is 6.33. The topological polar surface area (TPSA) is 59.8 Å². The number of aromatic nitrogens is 3. The Kier molecular flexibility index (Phi) is 5.56. The number of carbonyl (C=O) groups is 1. The first-order chi connectivity index (χ1) is 12.1. The predicted molar refractivity (Wildman–Crippen MR) is 101 cm³/mol. The molecular formula is C18H18Cl2N4O. The fourth-order valence-electron chi connectivity index (χ4n) is 2.74. The van der Waals surface area contributed by atoms with Gasteiger partial charge in [-0.1, -0.05) is 43.0 Å². The van der Waals surface area contributed by atoms with Crippen LogP contribution in [0.2, 0.25) is 10.3 Å². The molecule has 7 heteroatoms. The highest BCUT2D eigenvalue weighted by Gasteiger charge is 2.16. The summed E-state index contributed by atoms with van der Waals surface area (Å²) in [4.78, 5) is 21.0. The van der Waals surface area contributed by atoms with Crippen LogP contribution in [0.15, 0.2) is 36.7 Å². The minimum atomic E-state index is -0.231. The van der Waals surface area contributed by atoms with Gasteiger partial charge in [-0.15, -0.1) is 0 Å². The van der Waals surface area contributed by atoms with E-state index in [1.807, 2.05) is 22.9 Å². The molecule has 3 aromatic heterocycles. The Morgan fingerprint density at radius 3 is 2.72 bits per heavy atom. The number of pyridine rings is 2. The van der Waals surface area contributed by atoms with Crippen LogP contribution < -0.4 is 5.32 Å². The SMILES string of the molecule is CCCCCn1cc(C(=O)Nc2cc(Cl)nc(Cl)c2)c2cccnc21. The zero-order valence-corrected chi connectivity index (χ0v) is 15.3. The van der Waals surface area contributed by atoms with E-state index in [-0.39, 0.29) is 16.2 Å². The van der Waals surface area contributed by atoms with Crippen LogP contribution in [0.1, 0.15) is 36.5 Å². The Bertz CT molecular complexity index is 887. The van der Waals surface area contributed by atoms with Gasteiger partial charge in [0.05, 0.1) is 5.56 Å². The van der Waals surface area contributed by atoms with Gasteiger partial charge in [-0.25, -0.2) is 9.97 Å². The fourth-order valence-corrected chi connectivity index (χ4v) is 3.20. The predicted octanol–water partition coefficient (Wildman–Crippen LogP) is 5.18. The van der Waals surface area contributed by atoms with Gasteiger partial charge in [0.2, 0.25) is 0 Å². The van der Waals surface area contributed by atoms with Gasteiger partial charge in [0.1, 0.15) is 16.0 Å². The quantitative estimate of drug-likeness (QED) is 0.476. The third-order valence-corrected chi connectivity index (χ3v) is 4.29. The van der Waals surface area contributed by atoms with Gasteiger partial charge in [-0.3, -0.25) is 4.79 Å². The van der Waals surface area contributed by atoms with Crippen LogP contribution in [-0.4, -0.2) is 20.4 Å². The molecule has 0 aliphatic heterocycles. The molecule has 25 heavy (non-hydrogen) atoms. The minimum Gasteiger partial charge on any atom is -0.332 e. The first-order valence-electron chi connectivity index (χ1n) is 8.16. The Morgan fingerprint density at radius 2 is 2.00 bits per heavy atom. The molecule has 0 bridgehead atoms. The van der Waals surface area contributed by atoms with Crippen molar-refractivity contribution in [2.45, 2.75) is 32.7 Å². The molecule has 0 unspecified atom stereocenters. The van der Waals surface area contributed by atoms with Crippen LogP contribution in [-0.2, 0) is 6.54 Å². The molecule has 0 fully saturated rings. The van der Waals surface area contributed by atoms with E-state index in [0.29, 0.717) is 11.3 Å². The lowest BCUT2D eigenvalue weighted by atomic mass is 10.2. The van der Waals surface area contributed by atoms with E-state index in [9.17, 15) is 4.79 Å². The van der Waals surface area contributed by atoms with Crippen molar-refractivity contribution in [3.63, 3.8) is 0 Å². The maximum atomic E-state index is 12.7. The highest BCUT2D eigenvalue weighted by atomic mass is 35.5. The van der Waals surface area contributed by atoms with Crippen molar-refractivity contribution in [1.29, 1.82) is 0 Å². The molecule has 3 aromatic rings. The van der Waals surface area contributed by atoms with Crippen molar-refractivity contribution < 1.29 is 4.79 Å². The summed E-state index contributed by atoms with van der Waals surface area (Å²) in [6.07, 6.45) is 6.93. The van der Waals surface area contributed by atoms with E-state index in [1.165, 1.54) is 0 Å². The molecule has 1 N–H and O–H groups in total. The van der Waals surface area contributed by atoms with Crippen molar-refractivity contribution in [2.75, 3.05) is 5.32 Å². The van der Waals surface area contributed by atoms with Crippen molar-refractivity contribution in [3.8, 4) is 0 Å². The third kappa shape index (κ3) is 4.11. The summed E-state index contributed by atoms with van der Waals surface area (Å²) in [5, 5.41) is 4.10. The van der Waals surface area contributed by atoms with Crippen molar-refractivity contribution >= 4 is 45.8 Å². The molecule has 0 aliphatic carbocycles. The molecule has 0 saturated heterocycles. The number of fused-ring (bicyclic) bond motifs is 1. The molecule has 1 amide bonds. The van der Waals surface area contributed by atoms with Crippen LogP contribution in [0.5, 0.6) is 0 Å². The minimum absolute atomic E-state index is 0.228. The van der Waals surface area contributed by atoms with Gasteiger partial charge in [0.25, 0.3) is 5.91 Å². The van der Waals surface area contributed by atoms with Gasteiger partial charge < -0.3 is 9.88 Å². The largest absolute Gasteiger partial charge is 0.332 e. The molecule has 0 aromatic carbocycles. The van der Waals surface area contributed by atoms with Crippen molar-refractivity contribution in [3.05, 3.63) is 52.5 Å². The Hall–Kier alpha value is -2.11. The van der Waals surface area contributed by atoms with Gasteiger partial charge in [-0.05, 0) is 30.7 Å². The Morgan fingerprint density at radius 1 is 1.24 bits per heavy atom. The number of unbranched alkanes of at least 4 members (excludes halogenated alkanes) is 2. The molecule has 130 valence electrons. The fraction of sp³-hybridized carbons (Fsp3) is 0.278. The Balaban J connectivity index is 1.90. The summed E-state index contributed by atoms with van der Waals surface area (Å²) in [7, 11) is 0. The smallest absolute Gasteiger partial charge is 0.257 e. The molecule has 0 saturated carbocycles. The summed E-state index contributed by atoms with van der Waals surface area (Å²) >= 11 is 11.8. The molecule has 3 rings (SSSR count). The average molecular weight is 377 g/mol. The summed E-state index contributed by atoms with van der Waals surface area (Å²) in [5.41, 5.74) is 1.89. The molecular weight excluding hydrogens is 359 g/mol. The number of hydrogen-bond acceptors (Lipinski definition) is 3. The van der Waals surface area contributed by atoms with Gasteiger partial charge in [-0.2, -0.15) is 0 Å². The number of anilines is 1. The first kappa shape index (κ1) is 17.7. The first-order valence-corrected chi connectivity index (χ1v) is 8.92. The molecule has 0 atom stereocenters. The van der Waals surface area contributed by atoms with Crippen LogP contribution >= 0.6 is 23.2 Å². The van der Waals surface area contributed by atoms with Crippen molar-refractivity contribution in [2.24, 2.45) is 0 Å². The monoisotopic (exact) mass is 376 g/mol. The zero-order valence-electron chi connectivity index (χ0n) is 13.8. The van der Waals surface area contributed by atoms with Crippen LogP contribution in [0.25, 0.3) is 11.0 Å². The molecule has 0 aliphatic rings. The number of rotatable bonds is 6. The summed E-state index contributed by atoms with van der Waals surface area (Å²) in [6.45, 7) is 3.00. The maximum absolute atomic E-state index is 12.7. The number of nitrogens with one attached hydrogen (secondary N) is 1. The van der Waals surface area contributed by atoms with Crippen LogP contribution in [0, 0.1) is 0 Å². The number of halogens is 2. The summed E-state index contributed by atoms with van der Waals surface area (Å²) in [6, 6.07) is 6.85. The van der Waals surface area contributed by atoms with E-state index in [4.69, 9.17) is 23.2 Å². The van der Waals surface area contributed by atoms with Crippen LogP contribution in [0.4, 0.5) is 5.69 Å². The standard InChI is InChI=1S/C18H18Cl2N4O/c1-2-3-4-8-24-11-14(13-6-5-7-21-17(13)24)18(25)22-12-9-15(19)23-16(20)10-12/h5-7,9-11H,2-4,8H2,1H3,(H,22,23,25). The van der Waals surface area contributed by atoms with Crippen LogP contribution in [0.3, 0.4) is 0 Å². The molecule has 5 nitrogen and oxygen atoms in total. The van der Waals surface area contributed by atoms with E-state index in [1.54, 1.807) is 18.3 Å². The van der Waals surface area contributed by atoms with E-state index in [2.05, 4.69) is 22.2 Å². The second-order valence-corrected chi connectivity index (χ2v) is 6.55. The summed E-state index contributed by atoms with van der Waals surface area (Å²) < 4.78 is 2.03. The normalized spacial score (nSPS) is 11.0. The number of aryl methyl sites for hydroxylation is 1. The summed E-state index contributed by atoms with van der Waals surface area (Å²) in [5.74, 6) is -0.231. The number of amides is 1. The lowest BCUT2D eigenvalue weighted by Crippen LogP contribution is -2.11. The molecule has 3 heterocycles. The molecule has 0 radical (unpaired) electrons. The van der Waals surface area contributed by atoms with E-state index in [0.717, 1.165) is 36.8 Å². The van der Waals surface area contributed by atoms with Gasteiger partial charge in [0, 0.05) is 30.0 Å². The number of carbonyl (C=O) groups excluding carboxylic acids is 1.